The van der Waals surface area contributed by atoms with Crippen LogP contribution in [0.1, 0.15) is 23.5 Å². The molecule has 1 unspecified atom stereocenters. The van der Waals surface area contributed by atoms with Crippen molar-refractivity contribution >= 4 is 0 Å². The molecule has 0 radical (unpaired) electrons. The standard InChI is InChI=1S/C19H21NO3/c1-14-7-4-5-8-16(14)15(13-20)11-12-23-19-17(21-2)9-6-10-18(19)22-3/h4-10,15H,11-12H2,1-3H3. The van der Waals surface area contributed by atoms with Gasteiger partial charge in [0.05, 0.1) is 32.8 Å². The van der Waals surface area contributed by atoms with Gasteiger partial charge in [0, 0.05) is 6.42 Å². The van der Waals surface area contributed by atoms with Gasteiger partial charge in [-0.05, 0) is 30.2 Å². The van der Waals surface area contributed by atoms with E-state index in [1.165, 1.54) is 0 Å². The first-order valence-corrected chi connectivity index (χ1v) is 7.50. The molecule has 0 aliphatic carbocycles. The Labute approximate surface area is 137 Å². The number of nitriles is 1. The SMILES string of the molecule is COc1cccc(OC)c1OCCC(C#N)c1ccccc1C. The molecule has 0 aliphatic heterocycles. The van der Waals surface area contributed by atoms with Gasteiger partial charge in [-0.3, -0.25) is 0 Å². The van der Waals surface area contributed by atoms with E-state index in [4.69, 9.17) is 14.2 Å². The maximum atomic E-state index is 9.45. The number of methoxy groups -OCH3 is 2. The summed E-state index contributed by atoms with van der Waals surface area (Å²) in [5.41, 5.74) is 2.17. The fraction of sp³-hybridized carbons (Fsp3) is 0.316. The highest BCUT2D eigenvalue weighted by atomic mass is 16.5. The summed E-state index contributed by atoms with van der Waals surface area (Å²) in [6.45, 7) is 2.42. The van der Waals surface area contributed by atoms with Crippen molar-refractivity contribution in [3.05, 3.63) is 53.6 Å². The van der Waals surface area contributed by atoms with Crippen LogP contribution in [0.15, 0.2) is 42.5 Å². The van der Waals surface area contributed by atoms with Crippen molar-refractivity contribution < 1.29 is 14.2 Å². The highest BCUT2D eigenvalue weighted by molar-refractivity contribution is 5.51. The Hall–Kier alpha value is -2.67. The van der Waals surface area contributed by atoms with E-state index in [1.54, 1.807) is 14.2 Å². The van der Waals surface area contributed by atoms with Gasteiger partial charge in [0.2, 0.25) is 5.75 Å². The van der Waals surface area contributed by atoms with E-state index in [2.05, 4.69) is 6.07 Å². The molecule has 1 atom stereocenters. The molecule has 0 bridgehead atoms. The van der Waals surface area contributed by atoms with Crippen LogP contribution in [0.5, 0.6) is 17.2 Å². The minimum absolute atomic E-state index is 0.197. The Morgan fingerprint density at radius 3 is 2.22 bits per heavy atom. The van der Waals surface area contributed by atoms with Crippen LogP contribution in [0.25, 0.3) is 0 Å². The van der Waals surface area contributed by atoms with E-state index in [0.29, 0.717) is 30.3 Å². The van der Waals surface area contributed by atoms with Crippen molar-refractivity contribution in [1.82, 2.24) is 0 Å². The number of nitrogens with zero attached hydrogens (tertiary/aromatic N) is 1. The summed E-state index contributed by atoms with van der Waals surface area (Å²) in [5.74, 6) is 1.61. The molecule has 23 heavy (non-hydrogen) atoms. The summed E-state index contributed by atoms with van der Waals surface area (Å²) in [7, 11) is 3.18. The van der Waals surface area contributed by atoms with Gasteiger partial charge in [-0.2, -0.15) is 5.26 Å². The van der Waals surface area contributed by atoms with E-state index in [1.807, 2.05) is 49.4 Å². The summed E-state index contributed by atoms with van der Waals surface area (Å²) in [4.78, 5) is 0. The molecule has 0 spiro atoms. The van der Waals surface area contributed by atoms with E-state index in [9.17, 15) is 5.26 Å². The number of hydrogen-bond acceptors (Lipinski definition) is 4. The predicted octanol–water partition coefficient (Wildman–Crippen LogP) is 4.09. The van der Waals surface area contributed by atoms with Crippen LogP contribution in [0, 0.1) is 18.3 Å². The zero-order valence-electron chi connectivity index (χ0n) is 13.7. The summed E-state index contributed by atoms with van der Waals surface area (Å²) in [6, 6.07) is 15.8. The molecule has 0 saturated heterocycles. The second-order valence-electron chi connectivity index (χ2n) is 5.17. The van der Waals surface area contributed by atoms with Crippen LogP contribution >= 0.6 is 0 Å². The number of hydrogen-bond donors (Lipinski definition) is 0. The maximum Gasteiger partial charge on any atom is 0.203 e. The molecule has 120 valence electrons. The van der Waals surface area contributed by atoms with E-state index < -0.39 is 0 Å². The van der Waals surface area contributed by atoms with Crippen molar-refractivity contribution in [1.29, 1.82) is 5.26 Å². The normalized spacial score (nSPS) is 11.4. The van der Waals surface area contributed by atoms with Crippen molar-refractivity contribution in [2.45, 2.75) is 19.3 Å². The zero-order chi connectivity index (χ0) is 16.7. The van der Waals surface area contributed by atoms with Crippen LogP contribution in [0.3, 0.4) is 0 Å². The second-order valence-corrected chi connectivity index (χ2v) is 5.17. The van der Waals surface area contributed by atoms with Gasteiger partial charge < -0.3 is 14.2 Å². The fourth-order valence-electron chi connectivity index (χ4n) is 2.51. The maximum absolute atomic E-state index is 9.45. The van der Waals surface area contributed by atoms with E-state index >= 15 is 0 Å². The van der Waals surface area contributed by atoms with Crippen LogP contribution in [-0.4, -0.2) is 20.8 Å². The Morgan fingerprint density at radius 1 is 1.00 bits per heavy atom. The molecule has 0 aliphatic rings. The number of benzene rings is 2. The summed E-state index contributed by atoms with van der Waals surface area (Å²) >= 11 is 0. The lowest BCUT2D eigenvalue weighted by molar-refractivity contribution is 0.268. The molecule has 2 aromatic carbocycles. The third-order valence-corrected chi connectivity index (χ3v) is 3.76. The zero-order valence-corrected chi connectivity index (χ0v) is 13.7. The summed E-state index contributed by atoms with van der Waals surface area (Å²) in [5, 5.41) is 9.45. The third kappa shape index (κ3) is 3.95. The lowest BCUT2D eigenvalue weighted by Gasteiger charge is -2.16. The lowest BCUT2D eigenvalue weighted by atomic mass is 9.94. The monoisotopic (exact) mass is 311 g/mol. The number of rotatable bonds is 7. The fourth-order valence-corrected chi connectivity index (χ4v) is 2.51. The first-order valence-electron chi connectivity index (χ1n) is 7.50. The highest BCUT2D eigenvalue weighted by Gasteiger charge is 2.15. The van der Waals surface area contributed by atoms with Crippen LogP contribution in [0.4, 0.5) is 0 Å². The van der Waals surface area contributed by atoms with Gasteiger partial charge in [0.1, 0.15) is 0 Å². The van der Waals surface area contributed by atoms with Crippen molar-refractivity contribution in [2.24, 2.45) is 0 Å². The Balaban J connectivity index is 2.07. The topological polar surface area (TPSA) is 51.5 Å². The van der Waals surface area contributed by atoms with Gasteiger partial charge in [0.15, 0.2) is 11.5 Å². The Morgan fingerprint density at radius 2 is 1.65 bits per heavy atom. The first kappa shape index (κ1) is 16.7. The van der Waals surface area contributed by atoms with Crippen molar-refractivity contribution in [2.75, 3.05) is 20.8 Å². The van der Waals surface area contributed by atoms with E-state index in [-0.39, 0.29) is 5.92 Å². The van der Waals surface area contributed by atoms with Gasteiger partial charge >= 0.3 is 0 Å². The largest absolute Gasteiger partial charge is 0.493 e. The molecule has 2 aromatic rings. The van der Waals surface area contributed by atoms with Gasteiger partial charge in [-0.15, -0.1) is 0 Å². The second kappa shape index (κ2) is 8.09. The first-order chi connectivity index (χ1) is 11.2. The quantitative estimate of drug-likeness (QED) is 0.773. The molecule has 4 heteroatoms. The molecular formula is C19H21NO3. The Kier molecular flexibility index (Phi) is 5.87. The molecular weight excluding hydrogens is 290 g/mol. The molecule has 0 N–H and O–H groups in total. The highest BCUT2D eigenvalue weighted by Crippen LogP contribution is 2.37. The Bertz CT molecular complexity index is 669. The third-order valence-electron chi connectivity index (χ3n) is 3.76. The average molecular weight is 311 g/mol. The van der Waals surface area contributed by atoms with E-state index in [0.717, 1.165) is 11.1 Å². The van der Waals surface area contributed by atoms with Gasteiger partial charge in [-0.25, -0.2) is 0 Å². The van der Waals surface area contributed by atoms with Crippen LogP contribution in [0.2, 0.25) is 0 Å². The minimum atomic E-state index is -0.197. The molecule has 0 saturated carbocycles. The van der Waals surface area contributed by atoms with Crippen molar-refractivity contribution in [3.63, 3.8) is 0 Å². The lowest BCUT2D eigenvalue weighted by Crippen LogP contribution is -2.07. The van der Waals surface area contributed by atoms with Gasteiger partial charge in [-0.1, -0.05) is 30.3 Å². The summed E-state index contributed by atoms with van der Waals surface area (Å²) < 4.78 is 16.5. The minimum Gasteiger partial charge on any atom is -0.493 e. The van der Waals surface area contributed by atoms with Crippen molar-refractivity contribution in [3.8, 4) is 23.3 Å². The smallest absolute Gasteiger partial charge is 0.203 e. The van der Waals surface area contributed by atoms with Crippen LogP contribution < -0.4 is 14.2 Å². The summed E-state index contributed by atoms with van der Waals surface area (Å²) in [6.07, 6.45) is 0.600. The van der Waals surface area contributed by atoms with Crippen LogP contribution in [-0.2, 0) is 0 Å². The predicted molar refractivity (Wildman–Crippen MR) is 89.2 cm³/mol. The molecule has 0 aromatic heterocycles. The van der Waals surface area contributed by atoms with Gasteiger partial charge in [0.25, 0.3) is 0 Å². The molecule has 0 fully saturated rings. The molecule has 2 rings (SSSR count). The molecule has 0 amide bonds. The molecule has 4 nitrogen and oxygen atoms in total. The molecule has 0 heterocycles. The average Bonchev–Trinajstić information content (AvgIpc) is 2.59. The number of para-hydroxylation sites is 1. The number of aryl methyl sites for hydroxylation is 1. The number of ether oxygens (including phenoxy) is 3.